The maximum absolute atomic E-state index is 13.8. The molecule has 0 unspecified atom stereocenters. The first-order chi connectivity index (χ1) is 21.4. The summed E-state index contributed by atoms with van der Waals surface area (Å²) in [5.41, 5.74) is 3.15. The van der Waals surface area contributed by atoms with E-state index in [4.69, 9.17) is 14.5 Å². The topological polar surface area (TPSA) is 90.7 Å². The Hall–Kier alpha value is -4.72. The van der Waals surface area contributed by atoms with Crippen LogP contribution >= 0.6 is 0 Å². The van der Waals surface area contributed by atoms with Gasteiger partial charge in [-0.25, -0.2) is 14.6 Å². The number of hydrogen-bond donors (Lipinski definition) is 0. The van der Waals surface area contributed by atoms with Gasteiger partial charge in [-0.1, -0.05) is 87.4 Å². The van der Waals surface area contributed by atoms with Crippen molar-refractivity contribution in [3.63, 3.8) is 0 Å². The summed E-state index contributed by atoms with van der Waals surface area (Å²) in [5.74, 6) is -0.851. The number of aryl methyl sites for hydroxylation is 2. The minimum atomic E-state index is -0.604. The van der Waals surface area contributed by atoms with Crippen molar-refractivity contribution in [2.75, 3.05) is 20.2 Å². The molecule has 0 radical (unpaired) electrons. The van der Waals surface area contributed by atoms with Crippen LogP contribution in [-0.4, -0.2) is 52.5 Å². The zero-order valence-corrected chi connectivity index (χ0v) is 25.8. The molecule has 0 bridgehead atoms. The molecule has 8 heteroatoms. The Labute approximate surface area is 259 Å². The summed E-state index contributed by atoms with van der Waals surface area (Å²) in [5, 5.41) is 0. The van der Waals surface area contributed by atoms with Crippen molar-refractivity contribution in [1.29, 1.82) is 0 Å². The first kappa shape index (κ1) is 32.2. The third-order valence-electron chi connectivity index (χ3n) is 7.44. The highest BCUT2D eigenvalue weighted by molar-refractivity contribution is 6.01. The third-order valence-corrected chi connectivity index (χ3v) is 7.44. The number of ether oxygens (including phenoxy) is 2. The molecule has 0 aliphatic rings. The first-order valence-corrected chi connectivity index (χ1v) is 15.3. The highest BCUT2D eigenvalue weighted by atomic mass is 16.5. The Morgan fingerprint density at radius 1 is 0.818 bits per heavy atom. The van der Waals surface area contributed by atoms with Crippen molar-refractivity contribution >= 4 is 17.8 Å². The average Bonchev–Trinajstić information content (AvgIpc) is 3.50. The molecule has 8 nitrogen and oxygen atoms in total. The Balaban J connectivity index is 1.76. The summed E-state index contributed by atoms with van der Waals surface area (Å²) in [4.78, 5) is 46.5. The van der Waals surface area contributed by atoms with Gasteiger partial charge in [0.05, 0.1) is 18.2 Å². The van der Waals surface area contributed by atoms with Crippen molar-refractivity contribution in [2.24, 2.45) is 0 Å². The van der Waals surface area contributed by atoms with Gasteiger partial charge in [-0.2, -0.15) is 0 Å². The van der Waals surface area contributed by atoms with Gasteiger partial charge in [-0.05, 0) is 48.6 Å². The van der Waals surface area contributed by atoms with Gasteiger partial charge in [0.2, 0.25) is 0 Å². The molecule has 0 atom stereocenters. The smallest absolute Gasteiger partial charge is 0.339 e. The molecular weight excluding hydrogens is 554 g/mol. The van der Waals surface area contributed by atoms with Crippen LogP contribution in [-0.2, 0) is 29.0 Å². The van der Waals surface area contributed by atoms with Crippen molar-refractivity contribution in [3.05, 3.63) is 113 Å². The summed E-state index contributed by atoms with van der Waals surface area (Å²) < 4.78 is 12.5. The second-order valence-corrected chi connectivity index (χ2v) is 10.7. The zero-order chi connectivity index (χ0) is 31.3. The van der Waals surface area contributed by atoms with Crippen LogP contribution < -0.4 is 0 Å². The number of carbonyl (C=O) groups excluding carboxylic acids is 3. The minimum absolute atomic E-state index is 0.0670. The van der Waals surface area contributed by atoms with Crippen molar-refractivity contribution in [2.45, 2.75) is 59.1 Å². The van der Waals surface area contributed by atoms with Crippen LogP contribution in [0.15, 0.2) is 85.1 Å². The Morgan fingerprint density at radius 3 is 2.07 bits per heavy atom. The minimum Gasteiger partial charge on any atom is -0.465 e. The molecule has 0 aliphatic carbocycles. The lowest BCUT2D eigenvalue weighted by molar-refractivity contribution is 0.0473. The van der Waals surface area contributed by atoms with E-state index in [-0.39, 0.29) is 23.6 Å². The normalized spacial score (nSPS) is 10.8. The maximum atomic E-state index is 13.8. The second-order valence-electron chi connectivity index (χ2n) is 10.7. The van der Waals surface area contributed by atoms with E-state index in [2.05, 4.69) is 26.0 Å². The maximum Gasteiger partial charge on any atom is 0.339 e. The van der Waals surface area contributed by atoms with Crippen LogP contribution in [0, 0.1) is 0 Å². The standard InChI is InChI=1S/C36H41N3O5/c1-4-6-21-38(22-7-5-2)34(40)32-25-39(23-20-27-14-10-8-11-15-27)33(37-32)30-19-18-29(35(41)43-3)24-31(30)36(42)44-26-28-16-12-9-13-17-28/h8-19,24-25H,4-7,20-23,26H2,1-3H3. The molecule has 230 valence electrons. The van der Waals surface area contributed by atoms with Crippen LogP contribution in [0.2, 0.25) is 0 Å². The Bertz CT molecular complexity index is 1520. The number of esters is 2. The number of benzene rings is 3. The molecule has 0 fully saturated rings. The van der Waals surface area contributed by atoms with Gasteiger partial charge in [0.1, 0.15) is 18.1 Å². The lowest BCUT2D eigenvalue weighted by Crippen LogP contribution is -2.33. The summed E-state index contributed by atoms with van der Waals surface area (Å²) in [6.45, 7) is 6.13. The number of carbonyl (C=O) groups is 3. The number of rotatable bonds is 15. The van der Waals surface area contributed by atoms with E-state index in [1.807, 2.05) is 58.0 Å². The summed E-state index contributed by atoms with van der Waals surface area (Å²) in [7, 11) is 1.29. The van der Waals surface area contributed by atoms with Crippen LogP contribution in [0.25, 0.3) is 11.4 Å². The van der Waals surface area contributed by atoms with Gasteiger partial charge in [-0.3, -0.25) is 4.79 Å². The van der Waals surface area contributed by atoms with Gasteiger partial charge < -0.3 is 18.9 Å². The highest BCUT2D eigenvalue weighted by Crippen LogP contribution is 2.27. The molecule has 0 saturated carbocycles. The number of aromatic nitrogens is 2. The predicted octanol–water partition coefficient (Wildman–Crippen LogP) is 6.98. The first-order valence-electron chi connectivity index (χ1n) is 15.3. The van der Waals surface area contributed by atoms with Crippen molar-refractivity contribution < 1.29 is 23.9 Å². The van der Waals surface area contributed by atoms with Crippen LogP contribution in [0.3, 0.4) is 0 Å². The zero-order valence-electron chi connectivity index (χ0n) is 25.8. The van der Waals surface area contributed by atoms with Crippen molar-refractivity contribution in [1.82, 2.24) is 14.5 Å². The van der Waals surface area contributed by atoms with Gasteiger partial charge in [0, 0.05) is 31.4 Å². The summed E-state index contributed by atoms with van der Waals surface area (Å²) in [6.07, 6.45) is 6.24. The van der Waals surface area contributed by atoms with E-state index >= 15 is 0 Å². The van der Waals surface area contributed by atoms with Gasteiger partial charge in [0.25, 0.3) is 5.91 Å². The molecule has 4 aromatic rings. The fraction of sp³-hybridized carbons (Fsp3) is 0.333. The highest BCUT2D eigenvalue weighted by Gasteiger charge is 2.25. The van der Waals surface area contributed by atoms with Crippen LogP contribution in [0.1, 0.15) is 81.9 Å². The van der Waals surface area contributed by atoms with Gasteiger partial charge in [0.15, 0.2) is 0 Å². The quantitative estimate of drug-likeness (QED) is 0.138. The predicted molar refractivity (Wildman–Crippen MR) is 170 cm³/mol. The molecule has 0 N–H and O–H groups in total. The summed E-state index contributed by atoms with van der Waals surface area (Å²) >= 11 is 0. The molecular formula is C36H41N3O5. The number of nitrogens with zero attached hydrogens (tertiary/aromatic N) is 3. The fourth-order valence-electron chi connectivity index (χ4n) is 4.93. The lowest BCUT2D eigenvalue weighted by Gasteiger charge is -2.21. The molecule has 44 heavy (non-hydrogen) atoms. The number of imidazole rings is 1. The molecule has 0 saturated heterocycles. The average molecular weight is 596 g/mol. The van der Waals surface area contributed by atoms with Crippen LogP contribution in [0.4, 0.5) is 0 Å². The molecule has 3 aromatic carbocycles. The summed E-state index contributed by atoms with van der Waals surface area (Å²) in [6, 6.07) is 24.2. The van der Waals surface area contributed by atoms with E-state index in [0.717, 1.165) is 36.8 Å². The van der Waals surface area contributed by atoms with E-state index < -0.39 is 11.9 Å². The Kier molecular flexibility index (Phi) is 11.9. The van der Waals surface area contributed by atoms with E-state index in [9.17, 15) is 14.4 Å². The van der Waals surface area contributed by atoms with Crippen LogP contribution in [0.5, 0.6) is 0 Å². The third kappa shape index (κ3) is 8.43. The SMILES string of the molecule is CCCCN(CCCC)C(=O)c1cn(CCc2ccccc2)c(-c2ccc(C(=O)OC)cc2C(=O)OCc2ccccc2)n1. The fourth-order valence-corrected chi connectivity index (χ4v) is 4.93. The number of hydrogen-bond acceptors (Lipinski definition) is 6. The Morgan fingerprint density at radius 2 is 1.45 bits per heavy atom. The lowest BCUT2D eigenvalue weighted by atomic mass is 10.0. The largest absolute Gasteiger partial charge is 0.465 e. The molecule has 0 aliphatic heterocycles. The molecule has 0 spiro atoms. The molecule has 1 aromatic heterocycles. The number of amides is 1. The van der Waals surface area contributed by atoms with E-state index in [1.54, 1.807) is 18.3 Å². The van der Waals surface area contributed by atoms with Crippen molar-refractivity contribution in [3.8, 4) is 11.4 Å². The van der Waals surface area contributed by atoms with E-state index in [1.165, 1.54) is 13.2 Å². The number of methoxy groups -OCH3 is 1. The van der Waals surface area contributed by atoms with Gasteiger partial charge >= 0.3 is 11.9 Å². The molecule has 1 heterocycles. The second kappa shape index (κ2) is 16.2. The van der Waals surface area contributed by atoms with E-state index in [0.29, 0.717) is 43.1 Å². The van der Waals surface area contributed by atoms with Gasteiger partial charge in [-0.15, -0.1) is 0 Å². The monoisotopic (exact) mass is 595 g/mol. The number of unbranched alkanes of at least 4 members (excludes halogenated alkanes) is 2. The molecule has 1 amide bonds. The molecule has 4 rings (SSSR count).